The van der Waals surface area contributed by atoms with Crippen LogP contribution in [0.4, 0.5) is 5.69 Å². The average Bonchev–Trinajstić information content (AvgIpc) is 3.59. The van der Waals surface area contributed by atoms with Gasteiger partial charge in [0.1, 0.15) is 5.75 Å². The monoisotopic (exact) mass is 429 g/mol. The number of fused-ring (bicyclic) bond motifs is 1. The second kappa shape index (κ2) is 7.75. The van der Waals surface area contributed by atoms with Crippen molar-refractivity contribution in [3.63, 3.8) is 0 Å². The summed E-state index contributed by atoms with van der Waals surface area (Å²) >= 11 is 0. The Bertz CT molecular complexity index is 1080. The fourth-order valence-electron chi connectivity index (χ4n) is 3.98. The highest BCUT2D eigenvalue weighted by atomic mass is 32.2. The van der Waals surface area contributed by atoms with Crippen LogP contribution < -0.4 is 9.64 Å². The van der Waals surface area contributed by atoms with E-state index >= 15 is 0 Å². The standard InChI is InChI=1S/C22H23NO6S/c1-29-16-8-10-17(11-9-16)30(27,28)20-12-15-4-2-3-5-19(15)23(13-18(20)22(25)26)21(24)14-6-7-14/h2-5,8-11,14,18,20H,6-7,12-13H2,1H3,(H,25,26). The summed E-state index contributed by atoms with van der Waals surface area (Å²) in [4.78, 5) is 26.6. The van der Waals surface area contributed by atoms with Crippen molar-refractivity contribution in [3.05, 3.63) is 54.1 Å². The van der Waals surface area contributed by atoms with Crippen molar-refractivity contribution in [2.45, 2.75) is 29.4 Å². The maximum Gasteiger partial charge on any atom is 0.309 e. The Labute approximate surface area is 175 Å². The van der Waals surface area contributed by atoms with Gasteiger partial charge in [-0.25, -0.2) is 8.42 Å². The van der Waals surface area contributed by atoms with Crippen LogP contribution in [0, 0.1) is 11.8 Å². The summed E-state index contributed by atoms with van der Waals surface area (Å²) in [5, 5.41) is 8.74. The van der Waals surface area contributed by atoms with Gasteiger partial charge >= 0.3 is 5.97 Å². The number of carboxylic acid groups (broad SMARTS) is 1. The molecule has 1 N–H and O–H groups in total. The lowest BCUT2D eigenvalue weighted by molar-refractivity contribution is -0.141. The van der Waals surface area contributed by atoms with Crippen molar-refractivity contribution in [2.24, 2.45) is 11.8 Å². The van der Waals surface area contributed by atoms with Crippen LogP contribution >= 0.6 is 0 Å². The highest BCUT2D eigenvalue weighted by Gasteiger charge is 2.45. The highest BCUT2D eigenvalue weighted by molar-refractivity contribution is 7.92. The average molecular weight is 429 g/mol. The minimum atomic E-state index is -3.98. The molecular weight excluding hydrogens is 406 g/mol. The van der Waals surface area contributed by atoms with E-state index in [4.69, 9.17) is 4.74 Å². The van der Waals surface area contributed by atoms with Gasteiger partial charge in [0.15, 0.2) is 9.84 Å². The number of amides is 1. The first-order valence-corrected chi connectivity index (χ1v) is 11.4. The third kappa shape index (κ3) is 3.67. The van der Waals surface area contributed by atoms with E-state index in [9.17, 15) is 23.1 Å². The molecule has 8 heteroatoms. The van der Waals surface area contributed by atoms with Crippen molar-refractivity contribution in [1.82, 2.24) is 0 Å². The SMILES string of the molecule is COc1ccc(S(=O)(=O)C2Cc3ccccc3N(C(=O)C3CC3)CC2C(=O)O)cc1. The maximum atomic E-state index is 13.5. The van der Waals surface area contributed by atoms with E-state index in [1.807, 2.05) is 0 Å². The molecule has 0 saturated heterocycles. The van der Waals surface area contributed by atoms with Gasteiger partial charge in [-0.05, 0) is 55.2 Å². The third-order valence-electron chi connectivity index (χ3n) is 5.83. The lowest BCUT2D eigenvalue weighted by atomic mass is 10.0. The van der Waals surface area contributed by atoms with Crippen LogP contribution in [-0.4, -0.2) is 44.3 Å². The highest BCUT2D eigenvalue weighted by Crippen LogP contribution is 2.38. The Morgan fingerprint density at radius 2 is 1.73 bits per heavy atom. The Morgan fingerprint density at radius 1 is 1.07 bits per heavy atom. The zero-order chi connectivity index (χ0) is 21.5. The van der Waals surface area contributed by atoms with Gasteiger partial charge in [0.05, 0.1) is 23.2 Å². The molecule has 30 heavy (non-hydrogen) atoms. The summed E-state index contributed by atoms with van der Waals surface area (Å²) in [7, 11) is -2.49. The van der Waals surface area contributed by atoms with Crippen molar-refractivity contribution in [1.29, 1.82) is 0 Å². The minimum absolute atomic E-state index is 0.0238. The number of methoxy groups -OCH3 is 1. The maximum absolute atomic E-state index is 13.5. The molecule has 1 heterocycles. The minimum Gasteiger partial charge on any atom is -0.497 e. The topological polar surface area (TPSA) is 101 Å². The molecule has 158 valence electrons. The zero-order valence-corrected chi connectivity index (χ0v) is 17.3. The van der Waals surface area contributed by atoms with Gasteiger partial charge in [0.2, 0.25) is 5.91 Å². The normalized spacial score (nSPS) is 21.4. The molecule has 2 aromatic carbocycles. The van der Waals surface area contributed by atoms with Crippen LogP contribution in [0.25, 0.3) is 0 Å². The summed E-state index contributed by atoms with van der Waals surface area (Å²) in [6.07, 6.45) is 1.58. The number of para-hydroxylation sites is 1. The number of hydrogen-bond acceptors (Lipinski definition) is 5. The first-order chi connectivity index (χ1) is 14.3. The van der Waals surface area contributed by atoms with Gasteiger partial charge in [0, 0.05) is 18.2 Å². The largest absolute Gasteiger partial charge is 0.497 e. The number of rotatable bonds is 5. The van der Waals surface area contributed by atoms with Crippen LogP contribution in [0.3, 0.4) is 0 Å². The van der Waals surface area contributed by atoms with Crippen molar-refractivity contribution < 1.29 is 27.9 Å². The Balaban J connectivity index is 1.79. The van der Waals surface area contributed by atoms with Crippen molar-refractivity contribution in [2.75, 3.05) is 18.6 Å². The summed E-state index contributed by atoms with van der Waals surface area (Å²) in [6, 6.07) is 13.0. The van der Waals surface area contributed by atoms with Gasteiger partial charge < -0.3 is 14.7 Å². The molecule has 2 aromatic rings. The number of sulfone groups is 1. The Hall–Kier alpha value is -2.87. The first-order valence-electron chi connectivity index (χ1n) is 9.83. The van der Waals surface area contributed by atoms with E-state index < -0.39 is 27.0 Å². The first kappa shape index (κ1) is 20.4. The Morgan fingerprint density at radius 3 is 2.33 bits per heavy atom. The number of carboxylic acids is 1. The molecule has 1 aliphatic heterocycles. The number of hydrogen-bond donors (Lipinski definition) is 1. The predicted octanol–water partition coefficient (Wildman–Crippen LogP) is 2.54. The van der Waals surface area contributed by atoms with Gasteiger partial charge in [-0.3, -0.25) is 9.59 Å². The van der Waals surface area contributed by atoms with E-state index in [2.05, 4.69) is 0 Å². The van der Waals surface area contributed by atoms with Crippen LogP contribution in [0.15, 0.2) is 53.4 Å². The number of benzene rings is 2. The summed E-state index contributed by atoms with van der Waals surface area (Å²) in [5.41, 5.74) is 1.27. The van der Waals surface area contributed by atoms with E-state index in [1.54, 1.807) is 24.3 Å². The summed E-state index contributed by atoms with van der Waals surface area (Å²) < 4.78 is 32.0. The number of nitrogens with zero attached hydrogens (tertiary/aromatic N) is 1. The van der Waals surface area contributed by atoms with Crippen molar-refractivity contribution in [3.8, 4) is 5.75 Å². The molecule has 1 aliphatic carbocycles. The molecule has 0 aromatic heterocycles. The fourth-order valence-corrected chi connectivity index (χ4v) is 5.88. The zero-order valence-electron chi connectivity index (χ0n) is 16.5. The van der Waals surface area contributed by atoms with E-state index in [1.165, 1.54) is 36.3 Å². The lowest BCUT2D eigenvalue weighted by Crippen LogP contribution is -2.44. The molecule has 2 atom stereocenters. The number of anilines is 1. The second-order valence-electron chi connectivity index (χ2n) is 7.76. The van der Waals surface area contributed by atoms with Gasteiger partial charge in [-0.1, -0.05) is 18.2 Å². The summed E-state index contributed by atoms with van der Waals surface area (Å²) in [6.45, 7) is -0.165. The van der Waals surface area contributed by atoms with Crippen LogP contribution in [0.2, 0.25) is 0 Å². The predicted molar refractivity (Wildman–Crippen MR) is 110 cm³/mol. The second-order valence-corrected chi connectivity index (χ2v) is 9.93. The fraction of sp³-hybridized carbons (Fsp3) is 0.364. The van der Waals surface area contributed by atoms with Crippen LogP contribution in [-0.2, 0) is 25.8 Å². The Kier molecular flexibility index (Phi) is 5.27. The van der Waals surface area contributed by atoms with E-state index in [0.29, 0.717) is 17.0 Å². The molecule has 1 fully saturated rings. The number of carbonyl (C=O) groups is 2. The van der Waals surface area contributed by atoms with E-state index in [0.717, 1.165) is 12.8 Å². The van der Waals surface area contributed by atoms with Gasteiger partial charge in [-0.2, -0.15) is 0 Å². The third-order valence-corrected chi connectivity index (χ3v) is 8.05. The molecule has 0 bridgehead atoms. The number of ether oxygens (including phenoxy) is 1. The van der Waals surface area contributed by atoms with Crippen LogP contribution in [0.1, 0.15) is 18.4 Å². The molecule has 2 unspecified atom stereocenters. The quantitative estimate of drug-likeness (QED) is 0.784. The lowest BCUT2D eigenvalue weighted by Gasteiger charge is -2.26. The van der Waals surface area contributed by atoms with Gasteiger partial charge in [-0.15, -0.1) is 0 Å². The molecule has 0 radical (unpaired) electrons. The molecule has 4 rings (SSSR count). The molecule has 2 aliphatic rings. The number of aliphatic carboxylic acids is 1. The molecule has 7 nitrogen and oxygen atoms in total. The van der Waals surface area contributed by atoms with Crippen LogP contribution in [0.5, 0.6) is 5.75 Å². The van der Waals surface area contributed by atoms with E-state index in [-0.39, 0.29) is 29.7 Å². The molecule has 1 amide bonds. The van der Waals surface area contributed by atoms with Crippen molar-refractivity contribution >= 4 is 27.4 Å². The van der Waals surface area contributed by atoms with Gasteiger partial charge in [0.25, 0.3) is 0 Å². The molecular formula is C22H23NO6S. The molecule has 1 saturated carbocycles. The molecule has 0 spiro atoms. The smallest absolute Gasteiger partial charge is 0.309 e. The number of carbonyl (C=O) groups excluding carboxylic acids is 1. The summed E-state index contributed by atoms with van der Waals surface area (Å²) in [5.74, 6) is -2.19.